The second-order valence-electron chi connectivity index (χ2n) is 4.20. The van der Waals surface area contributed by atoms with E-state index in [9.17, 15) is 9.59 Å². The minimum atomic E-state index is -0.403. The third-order valence-corrected chi connectivity index (χ3v) is 3.47. The van der Waals surface area contributed by atoms with E-state index in [2.05, 4.69) is 22.9 Å². The molecule has 0 saturated carbocycles. The van der Waals surface area contributed by atoms with Gasteiger partial charge < -0.3 is 9.30 Å². The van der Waals surface area contributed by atoms with Gasteiger partial charge in [-0.25, -0.2) is 0 Å². The lowest BCUT2D eigenvalue weighted by Crippen LogP contribution is -2.28. The molecule has 0 aliphatic rings. The largest absolute Gasteiger partial charge is 0.494 e. The first-order chi connectivity index (χ1) is 8.51. The molecule has 1 unspecified atom stereocenters. The summed E-state index contributed by atoms with van der Waals surface area (Å²) in [6.45, 7) is 3.57. The van der Waals surface area contributed by atoms with E-state index in [4.69, 9.17) is 4.74 Å². The summed E-state index contributed by atoms with van der Waals surface area (Å²) < 4.78 is 7.22. The van der Waals surface area contributed by atoms with Gasteiger partial charge >= 0.3 is 0 Å². The van der Waals surface area contributed by atoms with Crippen molar-refractivity contribution in [2.45, 2.75) is 39.2 Å². The summed E-state index contributed by atoms with van der Waals surface area (Å²) in [6, 6.07) is 1.03. The maximum absolute atomic E-state index is 11.9. The van der Waals surface area contributed by atoms with Gasteiger partial charge in [-0.3, -0.25) is 9.59 Å². The molecule has 0 spiro atoms. The van der Waals surface area contributed by atoms with Crippen LogP contribution in [0.25, 0.3) is 0 Å². The van der Waals surface area contributed by atoms with Gasteiger partial charge in [0.05, 0.1) is 23.8 Å². The van der Waals surface area contributed by atoms with Crippen molar-refractivity contribution in [1.82, 2.24) is 4.57 Å². The number of aromatic nitrogens is 1. The van der Waals surface area contributed by atoms with Crippen molar-refractivity contribution < 1.29 is 9.53 Å². The fourth-order valence-electron chi connectivity index (χ4n) is 1.84. The highest BCUT2D eigenvalue weighted by Crippen LogP contribution is 2.24. The van der Waals surface area contributed by atoms with Crippen LogP contribution < -0.4 is 10.3 Å². The molecule has 5 heteroatoms. The van der Waals surface area contributed by atoms with E-state index >= 15 is 0 Å². The van der Waals surface area contributed by atoms with E-state index in [-0.39, 0.29) is 11.3 Å². The van der Waals surface area contributed by atoms with Gasteiger partial charge in [-0.2, -0.15) is 0 Å². The molecule has 4 nitrogen and oxygen atoms in total. The van der Waals surface area contributed by atoms with E-state index < -0.39 is 6.04 Å². The first-order valence-electron chi connectivity index (χ1n) is 5.97. The van der Waals surface area contributed by atoms with Gasteiger partial charge in [0.15, 0.2) is 5.78 Å². The van der Waals surface area contributed by atoms with Gasteiger partial charge in [-0.1, -0.05) is 19.8 Å². The Morgan fingerprint density at radius 3 is 2.72 bits per heavy atom. The first kappa shape index (κ1) is 15.0. The molecule has 1 atom stereocenters. The SMILES string of the molecule is CCCCC(C(C)=O)n1cc(OC)c(Br)cc1=O. The molecule has 0 aromatic carbocycles. The predicted octanol–water partition coefficient (Wildman–Crippen LogP) is 2.94. The Bertz CT molecular complexity index is 482. The van der Waals surface area contributed by atoms with Crippen molar-refractivity contribution in [1.29, 1.82) is 0 Å². The number of halogens is 1. The lowest BCUT2D eigenvalue weighted by molar-refractivity contribution is -0.120. The van der Waals surface area contributed by atoms with Crippen molar-refractivity contribution in [3.8, 4) is 5.75 Å². The number of hydrogen-bond donors (Lipinski definition) is 0. The zero-order valence-corrected chi connectivity index (χ0v) is 12.5. The molecule has 18 heavy (non-hydrogen) atoms. The summed E-state index contributed by atoms with van der Waals surface area (Å²) in [5, 5.41) is 0. The van der Waals surface area contributed by atoms with Crippen molar-refractivity contribution in [3.05, 3.63) is 27.1 Å². The van der Waals surface area contributed by atoms with E-state index in [1.54, 1.807) is 6.20 Å². The van der Waals surface area contributed by atoms with Crippen LogP contribution in [0.2, 0.25) is 0 Å². The highest BCUT2D eigenvalue weighted by molar-refractivity contribution is 9.10. The zero-order chi connectivity index (χ0) is 13.7. The number of hydrogen-bond acceptors (Lipinski definition) is 3. The van der Waals surface area contributed by atoms with Crippen molar-refractivity contribution >= 4 is 21.7 Å². The standard InChI is InChI=1S/C13H18BrNO3/c1-4-5-6-11(9(2)16)15-8-12(18-3)10(14)7-13(15)17/h7-8,11H,4-6H2,1-3H3. The van der Waals surface area contributed by atoms with Crippen LogP contribution in [0.5, 0.6) is 5.75 Å². The maximum Gasteiger partial charge on any atom is 0.252 e. The third-order valence-electron chi connectivity index (χ3n) is 2.85. The summed E-state index contributed by atoms with van der Waals surface area (Å²) in [4.78, 5) is 23.6. The Kier molecular flexibility index (Phi) is 5.59. The van der Waals surface area contributed by atoms with Crippen LogP contribution in [0, 0.1) is 0 Å². The van der Waals surface area contributed by atoms with Crippen molar-refractivity contribution in [2.75, 3.05) is 7.11 Å². The molecule has 1 aromatic heterocycles. The fraction of sp³-hybridized carbons (Fsp3) is 0.538. The molecule has 0 fully saturated rings. The lowest BCUT2D eigenvalue weighted by Gasteiger charge is -2.18. The maximum atomic E-state index is 11.9. The summed E-state index contributed by atoms with van der Waals surface area (Å²) in [6.07, 6.45) is 4.17. The van der Waals surface area contributed by atoms with Crippen LogP contribution in [-0.4, -0.2) is 17.5 Å². The topological polar surface area (TPSA) is 48.3 Å². The van der Waals surface area contributed by atoms with Gasteiger partial charge in [0.25, 0.3) is 5.56 Å². The minimum Gasteiger partial charge on any atom is -0.494 e. The van der Waals surface area contributed by atoms with E-state index in [1.165, 1.54) is 24.7 Å². The Hall–Kier alpha value is -1.10. The van der Waals surface area contributed by atoms with Gasteiger partial charge in [0, 0.05) is 6.07 Å². The Labute approximate surface area is 115 Å². The van der Waals surface area contributed by atoms with E-state index in [0.717, 1.165) is 12.8 Å². The fourth-order valence-corrected chi connectivity index (χ4v) is 2.30. The van der Waals surface area contributed by atoms with Crippen LogP contribution in [0.15, 0.2) is 21.5 Å². The predicted molar refractivity (Wildman–Crippen MR) is 74.2 cm³/mol. The molecule has 1 heterocycles. The molecular weight excluding hydrogens is 298 g/mol. The van der Waals surface area contributed by atoms with Gasteiger partial charge in [-0.15, -0.1) is 0 Å². The van der Waals surface area contributed by atoms with Gasteiger partial charge in [0.1, 0.15) is 5.75 Å². The van der Waals surface area contributed by atoms with Crippen LogP contribution in [0.3, 0.4) is 0 Å². The molecule has 0 radical (unpaired) electrons. The van der Waals surface area contributed by atoms with Gasteiger partial charge in [0.2, 0.25) is 0 Å². The van der Waals surface area contributed by atoms with Crippen LogP contribution in [0.1, 0.15) is 39.2 Å². The third kappa shape index (κ3) is 3.45. The van der Waals surface area contributed by atoms with Crippen LogP contribution in [-0.2, 0) is 4.79 Å². The number of nitrogens with zero attached hydrogens (tertiary/aromatic N) is 1. The number of unbranched alkanes of at least 4 members (excludes halogenated alkanes) is 1. The smallest absolute Gasteiger partial charge is 0.252 e. The molecule has 0 aliphatic heterocycles. The number of carbonyl (C=O) groups excluding carboxylic acids is 1. The number of ether oxygens (including phenoxy) is 1. The van der Waals surface area contributed by atoms with Crippen LogP contribution >= 0.6 is 15.9 Å². The Balaban J connectivity index is 3.19. The average Bonchev–Trinajstić information content (AvgIpc) is 2.31. The number of pyridine rings is 1. The van der Waals surface area contributed by atoms with E-state index in [1.807, 2.05) is 0 Å². The highest BCUT2D eigenvalue weighted by atomic mass is 79.9. The van der Waals surface area contributed by atoms with Crippen molar-refractivity contribution in [2.24, 2.45) is 0 Å². The number of ketones is 1. The summed E-state index contributed by atoms with van der Waals surface area (Å²) >= 11 is 3.26. The molecule has 0 amide bonds. The number of rotatable bonds is 6. The van der Waals surface area contributed by atoms with Crippen LogP contribution in [0.4, 0.5) is 0 Å². The molecule has 0 N–H and O–H groups in total. The Morgan fingerprint density at radius 2 is 2.22 bits per heavy atom. The number of Topliss-reactive ketones (excluding diaryl/α,β-unsaturated/α-hetero) is 1. The molecule has 0 saturated heterocycles. The summed E-state index contributed by atoms with van der Waals surface area (Å²) in [5.41, 5.74) is -0.195. The van der Waals surface area contributed by atoms with E-state index in [0.29, 0.717) is 16.6 Å². The molecular formula is C13H18BrNO3. The molecule has 0 bridgehead atoms. The number of carbonyl (C=O) groups is 1. The average molecular weight is 316 g/mol. The summed E-state index contributed by atoms with van der Waals surface area (Å²) in [5.74, 6) is 0.548. The highest BCUT2D eigenvalue weighted by Gasteiger charge is 2.18. The Morgan fingerprint density at radius 1 is 1.56 bits per heavy atom. The quantitative estimate of drug-likeness (QED) is 0.811. The lowest BCUT2D eigenvalue weighted by atomic mass is 10.1. The second-order valence-corrected chi connectivity index (χ2v) is 5.06. The monoisotopic (exact) mass is 315 g/mol. The van der Waals surface area contributed by atoms with Gasteiger partial charge in [-0.05, 0) is 29.3 Å². The molecule has 1 aromatic rings. The molecule has 1 rings (SSSR count). The number of methoxy groups -OCH3 is 1. The zero-order valence-electron chi connectivity index (χ0n) is 10.9. The molecule has 100 valence electrons. The normalized spacial score (nSPS) is 12.2. The molecule has 0 aliphatic carbocycles. The minimum absolute atomic E-state index is 0.00470. The second kappa shape index (κ2) is 6.73. The first-order valence-corrected chi connectivity index (χ1v) is 6.76. The summed E-state index contributed by atoms with van der Waals surface area (Å²) in [7, 11) is 1.53. The van der Waals surface area contributed by atoms with Crippen molar-refractivity contribution in [3.63, 3.8) is 0 Å².